The molecule has 0 unspecified atom stereocenters. The molecule has 4 rings (SSSR count). The number of aliphatic hydroxyl groups excluding tert-OH is 1. The molecule has 190 valence electrons. The van der Waals surface area contributed by atoms with Crippen molar-refractivity contribution in [3.63, 3.8) is 0 Å². The summed E-state index contributed by atoms with van der Waals surface area (Å²) in [4.78, 5) is 39.0. The summed E-state index contributed by atoms with van der Waals surface area (Å²) in [5, 5.41) is 23.0. The molecule has 0 aromatic heterocycles. The zero-order valence-electron chi connectivity index (χ0n) is 20.6. The zero-order valence-corrected chi connectivity index (χ0v) is 20.6. The summed E-state index contributed by atoms with van der Waals surface area (Å²) in [6.45, 7) is 1.95. The predicted octanol–water partition coefficient (Wildman–Crippen LogP) is 4.58. The molecule has 1 aliphatic heterocycles. The van der Waals surface area contributed by atoms with Gasteiger partial charge in [0.25, 0.3) is 17.4 Å². The first-order valence-electron chi connectivity index (χ1n) is 11.6. The van der Waals surface area contributed by atoms with Crippen molar-refractivity contribution in [1.82, 2.24) is 4.90 Å². The van der Waals surface area contributed by atoms with Crippen LogP contribution in [0.25, 0.3) is 5.76 Å². The first kappa shape index (κ1) is 25.4. The quantitative estimate of drug-likeness (QED) is 0.157. The average molecular weight is 503 g/mol. The van der Waals surface area contributed by atoms with E-state index in [4.69, 9.17) is 9.47 Å². The number of rotatable bonds is 8. The van der Waals surface area contributed by atoms with Crippen LogP contribution in [0, 0.1) is 17.0 Å². The fourth-order valence-corrected chi connectivity index (χ4v) is 4.47. The van der Waals surface area contributed by atoms with Crippen LogP contribution >= 0.6 is 0 Å². The fourth-order valence-electron chi connectivity index (χ4n) is 4.47. The third-order valence-corrected chi connectivity index (χ3v) is 6.38. The number of likely N-dealkylation sites (tertiary alicyclic amines) is 1. The second kappa shape index (κ2) is 10.5. The van der Waals surface area contributed by atoms with Crippen LogP contribution in [0.5, 0.6) is 11.5 Å². The number of nitro benzene ring substituents is 1. The number of ether oxygens (including phenoxy) is 2. The molecule has 0 bridgehead atoms. The fraction of sp³-hybridized carbons (Fsp3) is 0.214. The number of aliphatic hydroxyl groups is 1. The number of carbonyl (C=O) groups excluding carboxylic acids is 2. The van der Waals surface area contributed by atoms with Gasteiger partial charge in [0.05, 0.1) is 36.3 Å². The number of methoxy groups -OCH3 is 2. The lowest BCUT2D eigenvalue weighted by atomic mass is 9.94. The number of para-hydroxylation sites is 1. The highest BCUT2D eigenvalue weighted by molar-refractivity contribution is 6.46. The van der Waals surface area contributed by atoms with E-state index in [-0.39, 0.29) is 29.1 Å². The highest BCUT2D eigenvalue weighted by Gasteiger charge is 2.47. The SMILES string of the molecule is COc1ccc(CCN2C(=O)C(=O)C(=C(O)c3ccc(C)cc3)[C@H]2c2ccccc2[N+](=O)[O-])cc1OC. The predicted molar refractivity (Wildman–Crippen MR) is 137 cm³/mol. The topological polar surface area (TPSA) is 119 Å². The van der Waals surface area contributed by atoms with E-state index in [9.17, 15) is 24.8 Å². The number of benzene rings is 3. The van der Waals surface area contributed by atoms with Gasteiger partial charge in [0.1, 0.15) is 5.76 Å². The molecule has 9 nitrogen and oxygen atoms in total. The summed E-state index contributed by atoms with van der Waals surface area (Å²) >= 11 is 0. The van der Waals surface area contributed by atoms with Crippen molar-refractivity contribution in [3.8, 4) is 11.5 Å². The molecule has 1 aliphatic rings. The Morgan fingerprint density at radius 3 is 2.32 bits per heavy atom. The van der Waals surface area contributed by atoms with Gasteiger partial charge in [0, 0.05) is 18.2 Å². The number of hydrogen-bond donors (Lipinski definition) is 1. The normalized spacial score (nSPS) is 16.6. The Morgan fingerprint density at radius 1 is 1.00 bits per heavy atom. The standard InChI is InChI=1S/C28H26N2O7/c1-17-8-11-19(12-9-17)26(31)24-25(20-6-4-5-7-21(20)30(34)35)29(28(33)27(24)32)15-14-18-10-13-22(36-2)23(16-18)37-3/h4-13,16,25,31H,14-15H2,1-3H3/t25-/m1/s1. The second-order valence-corrected chi connectivity index (χ2v) is 8.61. The minimum absolute atomic E-state index is 0.0709. The van der Waals surface area contributed by atoms with Crippen LogP contribution < -0.4 is 9.47 Å². The van der Waals surface area contributed by atoms with Crippen LogP contribution in [0.1, 0.15) is 28.3 Å². The van der Waals surface area contributed by atoms with Crippen LogP contribution in [-0.2, 0) is 16.0 Å². The van der Waals surface area contributed by atoms with E-state index in [2.05, 4.69) is 0 Å². The van der Waals surface area contributed by atoms with Gasteiger partial charge < -0.3 is 19.5 Å². The Kier molecular flexibility index (Phi) is 7.24. The lowest BCUT2D eigenvalue weighted by Gasteiger charge is -2.25. The van der Waals surface area contributed by atoms with Gasteiger partial charge in [0.15, 0.2) is 11.5 Å². The van der Waals surface area contributed by atoms with Crippen LogP contribution in [0.2, 0.25) is 0 Å². The van der Waals surface area contributed by atoms with E-state index in [1.165, 1.54) is 37.3 Å². The molecule has 0 aliphatic carbocycles. The van der Waals surface area contributed by atoms with Crippen molar-refractivity contribution in [2.75, 3.05) is 20.8 Å². The Hall–Kier alpha value is -4.66. The smallest absolute Gasteiger partial charge is 0.295 e. The molecule has 1 amide bonds. The van der Waals surface area contributed by atoms with Crippen molar-refractivity contribution in [2.45, 2.75) is 19.4 Å². The van der Waals surface area contributed by atoms with Gasteiger partial charge >= 0.3 is 0 Å². The molecule has 1 N–H and O–H groups in total. The summed E-state index contributed by atoms with van der Waals surface area (Å²) < 4.78 is 10.6. The van der Waals surface area contributed by atoms with Gasteiger partial charge in [0.2, 0.25) is 0 Å². The first-order valence-corrected chi connectivity index (χ1v) is 11.6. The number of Topliss-reactive ketones (excluding diaryl/α,β-unsaturated/α-hetero) is 1. The number of ketones is 1. The summed E-state index contributed by atoms with van der Waals surface area (Å²) in [5.41, 5.74) is 1.80. The Morgan fingerprint density at radius 2 is 1.68 bits per heavy atom. The van der Waals surface area contributed by atoms with E-state index in [1.54, 1.807) is 42.5 Å². The third kappa shape index (κ3) is 4.88. The summed E-state index contributed by atoms with van der Waals surface area (Å²) in [6, 6.07) is 16.9. The summed E-state index contributed by atoms with van der Waals surface area (Å²) in [6.07, 6.45) is 0.328. The molecule has 1 heterocycles. The number of hydrogen-bond acceptors (Lipinski definition) is 7. The summed E-state index contributed by atoms with van der Waals surface area (Å²) in [7, 11) is 3.04. The Bertz CT molecular complexity index is 1400. The molecule has 3 aromatic rings. The van der Waals surface area contributed by atoms with Gasteiger partial charge in [-0.1, -0.05) is 48.0 Å². The van der Waals surface area contributed by atoms with Gasteiger partial charge in [-0.2, -0.15) is 0 Å². The number of nitrogens with zero attached hydrogens (tertiary/aromatic N) is 2. The molecule has 0 spiro atoms. The second-order valence-electron chi connectivity index (χ2n) is 8.61. The Labute approximate surface area is 213 Å². The molecular weight excluding hydrogens is 476 g/mol. The highest BCUT2D eigenvalue weighted by atomic mass is 16.6. The maximum absolute atomic E-state index is 13.2. The van der Waals surface area contributed by atoms with Crippen LogP contribution in [0.3, 0.4) is 0 Å². The molecule has 1 atom stereocenters. The maximum Gasteiger partial charge on any atom is 0.295 e. The first-order chi connectivity index (χ1) is 17.8. The summed E-state index contributed by atoms with van der Waals surface area (Å²) in [5.74, 6) is -1.05. The average Bonchev–Trinajstić information content (AvgIpc) is 3.16. The van der Waals surface area contributed by atoms with Crippen molar-refractivity contribution in [1.29, 1.82) is 0 Å². The van der Waals surface area contributed by atoms with E-state index in [0.29, 0.717) is 23.5 Å². The minimum Gasteiger partial charge on any atom is -0.507 e. The van der Waals surface area contributed by atoms with Crippen molar-refractivity contribution in [3.05, 3.63) is 105 Å². The lowest BCUT2D eigenvalue weighted by molar-refractivity contribution is -0.385. The van der Waals surface area contributed by atoms with Gasteiger partial charge in [-0.25, -0.2) is 0 Å². The van der Waals surface area contributed by atoms with E-state index < -0.39 is 22.7 Å². The van der Waals surface area contributed by atoms with Crippen LogP contribution in [-0.4, -0.2) is 47.4 Å². The number of aryl methyl sites for hydroxylation is 1. The van der Waals surface area contributed by atoms with Crippen molar-refractivity contribution < 1.29 is 29.1 Å². The molecule has 1 saturated heterocycles. The van der Waals surface area contributed by atoms with Crippen molar-refractivity contribution >= 4 is 23.1 Å². The monoisotopic (exact) mass is 502 g/mol. The molecule has 3 aromatic carbocycles. The van der Waals surface area contributed by atoms with Gasteiger partial charge in [-0.15, -0.1) is 0 Å². The van der Waals surface area contributed by atoms with Crippen LogP contribution in [0.4, 0.5) is 5.69 Å². The molecule has 9 heteroatoms. The largest absolute Gasteiger partial charge is 0.507 e. The van der Waals surface area contributed by atoms with Gasteiger partial charge in [-0.3, -0.25) is 19.7 Å². The number of nitro groups is 1. The Balaban J connectivity index is 1.80. The highest BCUT2D eigenvalue weighted by Crippen LogP contribution is 2.42. The molecule has 0 saturated carbocycles. The van der Waals surface area contributed by atoms with E-state index >= 15 is 0 Å². The third-order valence-electron chi connectivity index (χ3n) is 6.38. The molecule has 37 heavy (non-hydrogen) atoms. The maximum atomic E-state index is 13.2. The molecular formula is C28H26N2O7. The van der Waals surface area contributed by atoms with E-state index in [1.807, 2.05) is 13.0 Å². The van der Waals surface area contributed by atoms with Crippen molar-refractivity contribution in [2.24, 2.45) is 0 Å². The molecule has 0 radical (unpaired) electrons. The van der Waals surface area contributed by atoms with Crippen LogP contribution in [0.15, 0.2) is 72.3 Å². The number of amides is 1. The minimum atomic E-state index is -1.14. The van der Waals surface area contributed by atoms with E-state index in [0.717, 1.165) is 11.1 Å². The van der Waals surface area contributed by atoms with Gasteiger partial charge in [-0.05, 0) is 37.1 Å². The zero-order chi connectivity index (χ0) is 26.7. The number of carbonyl (C=O) groups is 2. The lowest BCUT2D eigenvalue weighted by Crippen LogP contribution is -2.32. The molecule has 1 fully saturated rings.